The standard InChI is InChI=1S/C8H4BrN3/c9-6-4-11-7-2-1-5(3-10)12-8(6)7/h1-2,4,11H. The van der Waals surface area contributed by atoms with Crippen molar-refractivity contribution < 1.29 is 0 Å². The summed E-state index contributed by atoms with van der Waals surface area (Å²) in [5.74, 6) is 0. The van der Waals surface area contributed by atoms with Crippen LogP contribution in [0.3, 0.4) is 0 Å². The first-order valence-electron chi connectivity index (χ1n) is 3.35. The Bertz CT molecular complexity index is 467. The Morgan fingerprint density at radius 3 is 3.08 bits per heavy atom. The van der Waals surface area contributed by atoms with Gasteiger partial charge in [-0.1, -0.05) is 0 Å². The number of aromatic nitrogens is 2. The Morgan fingerprint density at radius 1 is 1.50 bits per heavy atom. The van der Waals surface area contributed by atoms with E-state index in [1.165, 1.54) is 0 Å². The monoisotopic (exact) mass is 221 g/mol. The highest BCUT2D eigenvalue weighted by Gasteiger charge is 2.02. The van der Waals surface area contributed by atoms with E-state index in [1.54, 1.807) is 12.3 Å². The molecule has 2 heterocycles. The summed E-state index contributed by atoms with van der Waals surface area (Å²) in [5, 5.41) is 8.59. The van der Waals surface area contributed by atoms with Crippen LogP contribution in [0, 0.1) is 11.3 Å². The summed E-state index contributed by atoms with van der Waals surface area (Å²) in [4.78, 5) is 7.13. The van der Waals surface area contributed by atoms with Crippen molar-refractivity contribution in [1.82, 2.24) is 9.97 Å². The first-order chi connectivity index (χ1) is 5.81. The summed E-state index contributed by atoms with van der Waals surface area (Å²) in [6.07, 6.45) is 1.80. The van der Waals surface area contributed by atoms with Crippen molar-refractivity contribution >= 4 is 27.0 Å². The fraction of sp³-hybridized carbons (Fsp3) is 0. The highest BCUT2D eigenvalue weighted by molar-refractivity contribution is 9.10. The van der Waals surface area contributed by atoms with E-state index >= 15 is 0 Å². The van der Waals surface area contributed by atoms with Crippen molar-refractivity contribution in [3.63, 3.8) is 0 Å². The number of H-pyrrole nitrogens is 1. The third-order valence-electron chi connectivity index (χ3n) is 1.59. The second-order valence-corrected chi connectivity index (χ2v) is 3.20. The first kappa shape index (κ1) is 7.32. The van der Waals surface area contributed by atoms with Gasteiger partial charge in [0.1, 0.15) is 17.3 Å². The zero-order valence-corrected chi connectivity index (χ0v) is 7.59. The Hall–Kier alpha value is -1.34. The maximum atomic E-state index is 8.59. The summed E-state index contributed by atoms with van der Waals surface area (Å²) in [7, 11) is 0. The van der Waals surface area contributed by atoms with E-state index in [0.717, 1.165) is 15.5 Å². The third-order valence-corrected chi connectivity index (χ3v) is 2.19. The van der Waals surface area contributed by atoms with Crippen LogP contribution in [-0.2, 0) is 0 Å². The van der Waals surface area contributed by atoms with Crippen molar-refractivity contribution in [2.75, 3.05) is 0 Å². The van der Waals surface area contributed by atoms with Crippen molar-refractivity contribution in [2.24, 2.45) is 0 Å². The van der Waals surface area contributed by atoms with Gasteiger partial charge in [-0.25, -0.2) is 4.98 Å². The number of nitriles is 1. The molecule has 0 saturated heterocycles. The molecule has 0 aliphatic rings. The van der Waals surface area contributed by atoms with Gasteiger partial charge in [0.15, 0.2) is 0 Å². The molecule has 1 N–H and O–H groups in total. The van der Waals surface area contributed by atoms with E-state index in [2.05, 4.69) is 25.9 Å². The molecule has 2 aromatic rings. The fourth-order valence-corrected chi connectivity index (χ4v) is 1.45. The molecule has 0 spiro atoms. The molecule has 0 aromatic carbocycles. The average molecular weight is 222 g/mol. The van der Waals surface area contributed by atoms with Gasteiger partial charge < -0.3 is 4.98 Å². The SMILES string of the molecule is N#Cc1ccc2[nH]cc(Br)c2n1. The van der Waals surface area contributed by atoms with Crippen LogP contribution in [0.2, 0.25) is 0 Å². The molecule has 0 radical (unpaired) electrons. The minimum absolute atomic E-state index is 0.433. The van der Waals surface area contributed by atoms with Crippen LogP contribution in [0.4, 0.5) is 0 Å². The minimum Gasteiger partial charge on any atom is -0.359 e. The number of nitrogens with zero attached hydrogens (tertiary/aromatic N) is 2. The molecule has 0 saturated carbocycles. The zero-order chi connectivity index (χ0) is 8.55. The van der Waals surface area contributed by atoms with Gasteiger partial charge in [0.05, 0.1) is 9.99 Å². The Labute approximate surface area is 77.2 Å². The summed E-state index contributed by atoms with van der Waals surface area (Å²) in [5.41, 5.74) is 2.16. The number of aromatic amines is 1. The lowest BCUT2D eigenvalue weighted by atomic mass is 10.3. The molecule has 2 rings (SSSR count). The van der Waals surface area contributed by atoms with Gasteiger partial charge in [-0.15, -0.1) is 0 Å². The number of nitrogens with one attached hydrogen (secondary N) is 1. The molecule has 3 nitrogen and oxygen atoms in total. The van der Waals surface area contributed by atoms with Crippen LogP contribution >= 0.6 is 15.9 Å². The van der Waals surface area contributed by atoms with E-state index in [4.69, 9.17) is 5.26 Å². The predicted octanol–water partition coefficient (Wildman–Crippen LogP) is 2.20. The van der Waals surface area contributed by atoms with Crippen LogP contribution in [0.5, 0.6) is 0 Å². The molecule has 0 atom stereocenters. The molecule has 4 heteroatoms. The molecule has 0 fully saturated rings. The lowest BCUT2D eigenvalue weighted by Crippen LogP contribution is -1.81. The quantitative estimate of drug-likeness (QED) is 0.742. The van der Waals surface area contributed by atoms with Crippen molar-refractivity contribution in [1.29, 1.82) is 5.26 Å². The lowest BCUT2D eigenvalue weighted by Gasteiger charge is -1.89. The minimum atomic E-state index is 0.433. The third kappa shape index (κ3) is 0.990. The average Bonchev–Trinajstić information content (AvgIpc) is 2.47. The molecular formula is C8H4BrN3. The Morgan fingerprint density at radius 2 is 2.33 bits per heavy atom. The van der Waals surface area contributed by atoms with E-state index in [-0.39, 0.29) is 0 Å². The second kappa shape index (κ2) is 2.61. The van der Waals surface area contributed by atoms with Crippen LogP contribution in [0.1, 0.15) is 5.69 Å². The van der Waals surface area contributed by atoms with Crippen LogP contribution < -0.4 is 0 Å². The van der Waals surface area contributed by atoms with Crippen molar-refractivity contribution in [3.8, 4) is 6.07 Å². The smallest absolute Gasteiger partial charge is 0.141 e. The van der Waals surface area contributed by atoms with Gasteiger partial charge in [0.2, 0.25) is 0 Å². The second-order valence-electron chi connectivity index (χ2n) is 2.34. The number of halogens is 1. The summed E-state index contributed by atoms with van der Waals surface area (Å²) >= 11 is 3.33. The normalized spacial score (nSPS) is 10.0. The van der Waals surface area contributed by atoms with Gasteiger partial charge in [0, 0.05) is 6.20 Å². The number of hydrogen-bond donors (Lipinski definition) is 1. The van der Waals surface area contributed by atoms with Crippen molar-refractivity contribution in [2.45, 2.75) is 0 Å². The van der Waals surface area contributed by atoms with Crippen LogP contribution in [0.25, 0.3) is 11.0 Å². The summed E-state index contributed by atoms with van der Waals surface area (Å²) < 4.78 is 0.884. The topological polar surface area (TPSA) is 52.5 Å². The number of pyridine rings is 1. The molecule has 0 aliphatic carbocycles. The van der Waals surface area contributed by atoms with Gasteiger partial charge in [-0.05, 0) is 28.1 Å². The Balaban J connectivity index is 2.82. The molecule has 0 unspecified atom stereocenters. The summed E-state index contributed by atoms with van der Waals surface area (Å²) in [6.45, 7) is 0. The molecule has 12 heavy (non-hydrogen) atoms. The summed E-state index contributed by atoms with van der Waals surface area (Å²) in [6, 6.07) is 5.52. The molecular weight excluding hydrogens is 218 g/mol. The maximum Gasteiger partial charge on any atom is 0.141 e. The van der Waals surface area contributed by atoms with Crippen LogP contribution in [0.15, 0.2) is 22.8 Å². The maximum absolute atomic E-state index is 8.59. The molecule has 0 amide bonds. The van der Waals surface area contributed by atoms with Crippen LogP contribution in [-0.4, -0.2) is 9.97 Å². The number of fused-ring (bicyclic) bond motifs is 1. The largest absolute Gasteiger partial charge is 0.359 e. The molecule has 58 valence electrons. The molecule has 0 aliphatic heterocycles. The zero-order valence-electron chi connectivity index (χ0n) is 6.00. The Kier molecular flexibility index (Phi) is 1.59. The first-order valence-corrected chi connectivity index (χ1v) is 4.14. The van der Waals surface area contributed by atoms with Gasteiger partial charge in [-0.3, -0.25) is 0 Å². The highest BCUT2D eigenvalue weighted by Crippen LogP contribution is 2.20. The highest BCUT2D eigenvalue weighted by atomic mass is 79.9. The van der Waals surface area contributed by atoms with E-state index in [0.29, 0.717) is 5.69 Å². The van der Waals surface area contributed by atoms with Gasteiger partial charge >= 0.3 is 0 Å². The number of rotatable bonds is 0. The lowest BCUT2D eigenvalue weighted by molar-refractivity contribution is 1.32. The van der Waals surface area contributed by atoms with Gasteiger partial charge in [-0.2, -0.15) is 5.26 Å². The van der Waals surface area contributed by atoms with E-state index < -0.39 is 0 Å². The van der Waals surface area contributed by atoms with Gasteiger partial charge in [0.25, 0.3) is 0 Å². The predicted molar refractivity (Wildman–Crippen MR) is 48.5 cm³/mol. The van der Waals surface area contributed by atoms with E-state index in [1.807, 2.05) is 12.1 Å². The van der Waals surface area contributed by atoms with Crippen molar-refractivity contribution in [3.05, 3.63) is 28.5 Å². The number of hydrogen-bond acceptors (Lipinski definition) is 2. The molecule has 0 bridgehead atoms. The molecule has 2 aromatic heterocycles. The van der Waals surface area contributed by atoms with E-state index in [9.17, 15) is 0 Å². The fourth-order valence-electron chi connectivity index (χ4n) is 1.03.